The second-order valence-electron chi connectivity index (χ2n) is 9.66. The number of methoxy groups -OCH3 is 1. The van der Waals surface area contributed by atoms with Crippen LogP contribution in [0.25, 0.3) is 22.2 Å². The monoisotopic (exact) mass is 521 g/mol. The van der Waals surface area contributed by atoms with Crippen molar-refractivity contribution in [3.8, 4) is 22.8 Å². The third kappa shape index (κ3) is 3.72. The van der Waals surface area contributed by atoms with E-state index in [1.54, 1.807) is 7.11 Å². The van der Waals surface area contributed by atoms with Crippen LogP contribution in [0.2, 0.25) is 5.02 Å². The zero-order valence-electron chi connectivity index (χ0n) is 20.9. The molecule has 0 N–H and O–H groups in total. The number of nitrogens with zero attached hydrogens (tertiary/aromatic N) is 3. The third-order valence-electron chi connectivity index (χ3n) is 7.28. The highest BCUT2D eigenvalue weighted by atomic mass is 35.5. The highest BCUT2D eigenvalue weighted by Gasteiger charge is 2.42. The maximum atomic E-state index is 6.67. The van der Waals surface area contributed by atoms with E-state index in [4.69, 9.17) is 30.7 Å². The summed E-state index contributed by atoms with van der Waals surface area (Å²) >= 11 is 6.15. The van der Waals surface area contributed by atoms with Gasteiger partial charge in [-0.15, -0.1) is 0 Å². The topological polar surface area (TPSA) is 60.1 Å². The maximum absolute atomic E-state index is 6.67. The van der Waals surface area contributed by atoms with Gasteiger partial charge in [0.1, 0.15) is 5.52 Å². The Morgan fingerprint density at radius 1 is 0.947 bits per heavy atom. The van der Waals surface area contributed by atoms with Gasteiger partial charge in [0.25, 0.3) is 0 Å². The first-order valence-corrected chi connectivity index (χ1v) is 12.9. The van der Waals surface area contributed by atoms with Crippen LogP contribution in [0.3, 0.4) is 0 Å². The Bertz CT molecular complexity index is 1690. The molecule has 5 aromatic rings. The first kappa shape index (κ1) is 22.9. The molecular weight excluding hydrogens is 498 g/mol. The molecule has 0 radical (unpaired) electrons. The molecule has 6 nitrogen and oxygen atoms in total. The van der Waals surface area contributed by atoms with Crippen LogP contribution in [-0.2, 0) is 0 Å². The van der Waals surface area contributed by atoms with Gasteiger partial charge in [0.15, 0.2) is 17.3 Å². The Balaban J connectivity index is 1.35. The van der Waals surface area contributed by atoms with Gasteiger partial charge in [0.05, 0.1) is 24.2 Å². The normalized spacial score (nSPS) is 18.1. The summed E-state index contributed by atoms with van der Waals surface area (Å²) in [6.07, 6.45) is 0.282. The predicted molar refractivity (Wildman–Crippen MR) is 148 cm³/mol. The van der Waals surface area contributed by atoms with Crippen molar-refractivity contribution in [1.82, 2.24) is 10.2 Å². The van der Waals surface area contributed by atoms with Crippen LogP contribution in [0.15, 0.2) is 94.6 Å². The van der Waals surface area contributed by atoms with Crippen molar-refractivity contribution in [3.05, 3.63) is 112 Å². The van der Waals surface area contributed by atoms with Gasteiger partial charge in [-0.05, 0) is 42.8 Å². The van der Waals surface area contributed by atoms with Crippen molar-refractivity contribution in [2.75, 3.05) is 7.11 Å². The molecular formula is C31H24ClN3O3. The van der Waals surface area contributed by atoms with Crippen molar-refractivity contribution in [3.63, 3.8) is 0 Å². The van der Waals surface area contributed by atoms with E-state index in [2.05, 4.69) is 53.5 Å². The zero-order valence-corrected chi connectivity index (χ0v) is 21.6. The molecule has 2 aliphatic rings. The van der Waals surface area contributed by atoms with Crippen LogP contribution in [0.1, 0.15) is 40.9 Å². The fourth-order valence-electron chi connectivity index (χ4n) is 5.31. The summed E-state index contributed by atoms with van der Waals surface area (Å²) in [4.78, 5) is 0. The van der Waals surface area contributed by atoms with Gasteiger partial charge in [-0.25, -0.2) is 5.01 Å². The van der Waals surface area contributed by atoms with Gasteiger partial charge >= 0.3 is 0 Å². The molecule has 0 saturated carbocycles. The number of hydrogen-bond donors (Lipinski definition) is 0. The Labute approximate surface area is 225 Å². The lowest BCUT2D eigenvalue weighted by Crippen LogP contribution is -2.33. The first-order valence-electron chi connectivity index (χ1n) is 12.5. The summed E-state index contributed by atoms with van der Waals surface area (Å²) in [6.45, 7) is 2.07. The molecule has 2 aliphatic heterocycles. The molecule has 188 valence electrons. The molecule has 2 atom stereocenters. The summed E-state index contributed by atoms with van der Waals surface area (Å²) in [5, 5.41) is 13.1. The largest absolute Gasteiger partial charge is 0.493 e. The second-order valence-corrected chi connectivity index (χ2v) is 10.1. The number of hydrazone groups is 1. The average molecular weight is 522 g/mol. The predicted octanol–water partition coefficient (Wildman–Crippen LogP) is 7.71. The Morgan fingerprint density at radius 3 is 2.53 bits per heavy atom. The first-order chi connectivity index (χ1) is 18.6. The number of ether oxygens (including phenoxy) is 2. The number of aromatic nitrogens is 1. The van der Waals surface area contributed by atoms with Crippen LogP contribution in [0, 0.1) is 6.92 Å². The standard InChI is InChI=1S/C31H24ClN3O3/c1-18-6-8-20(9-7-18)29-24-16-21(12-15-25(24)34-38-29)31-35-27(23-4-3-5-28(36-2)30(23)37-31)17-26(33-35)19-10-13-22(32)14-11-19/h3-16,27,31H,17H2,1-2H3. The molecule has 0 amide bonds. The van der Waals surface area contributed by atoms with Crippen LogP contribution in [-0.4, -0.2) is 23.0 Å². The number of rotatable bonds is 4. The Morgan fingerprint density at radius 2 is 1.74 bits per heavy atom. The smallest absolute Gasteiger partial charge is 0.214 e. The fourth-order valence-corrected chi connectivity index (χ4v) is 5.43. The molecule has 0 saturated heterocycles. The fraction of sp³-hybridized carbons (Fsp3) is 0.161. The number of aryl methyl sites for hydroxylation is 1. The second kappa shape index (κ2) is 8.92. The molecule has 7 heteroatoms. The number of halogens is 1. The van der Waals surface area contributed by atoms with Crippen molar-refractivity contribution >= 4 is 28.2 Å². The molecule has 0 spiro atoms. The van der Waals surface area contributed by atoms with Crippen molar-refractivity contribution in [2.24, 2.45) is 5.10 Å². The van der Waals surface area contributed by atoms with Gasteiger partial charge in [-0.3, -0.25) is 0 Å². The number of fused-ring (bicyclic) bond motifs is 4. The Hall–Kier alpha value is -4.29. The van der Waals surface area contributed by atoms with E-state index < -0.39 is 6.23 Å². The molecule has 4 aromatic carbocycles. The lowest BCUT2D eigenvalue weighted by Gasteiger charge is -2.38. The zero-order chi connectivity index (χ0) is 25.8. The number of hydrogen-bond acceptors (Lipinski definition) is 6. The molecule has 7 rings (SSSR count). The summed E-state index contributed by atoms with van der Waals surface area (Å²) in [6, 6.07) is 28.2. The highest BCUT2D eigenvalue weighted by Crippen LogP contribution is 2.51. The quantitative estimate of drug-likeness (QED) is 0.242. The van der Waals surface area contributed by atoms with Gasteiger partial charge in [0, 0.05) is 28.1 Å². The summed E-state index contributed by atoms with van der Waals surface area (Å²) in [5.74, 6) is 2.19. The lowest BCUT2D eigenvalue weighted by atomic mass is 9.95. The van der Waals surface area contributed by atoms with E-state index in [0.29, 0.717) is 10.8 Å². The van der Waals surface area contributed by atoms with Gasteiger partial charge in [0.2, 0.25) is 6.23 Å². The molecule has 1 aromatic heterocycles. The van der Waals surface area contributed by atoms with E-state index in [-0.39, 0.29) is 6.04 Å². The Kier molecular flexibility index (Phi) is 5.37. The van der Waals surface area contributed by atoms with Gasteiger partial charge in [-0.2, -0.15) is 5.10 Å². The van der Waals surface area contributed by atoms with E-state index in [9.17, 15) is 0 Å². The molecule has 38 heavy (non-hydrogen) atoms. The average Bonchev–Trinajstić information content (AvgIpc) is 3.58. The van der Waals surface area contributed by atoms with E-state index in [1.165, 1.54) is 5.56 Å². The summed E-state index contributed by atoms with van der Waals surface area (Å²) < 4.78 is 18.1. The van der Waals surface area contributed by atoms with Crippen molar-refractivity contribution < 1.29 is 14.0 Å². The molecule has 2 unspecified atom stereocenters. The lowest BCUT2D eigenvalue weighted by molar-refractivity contribution is -0.0208. The number of para-hydroxylation sites is 1. The third-order valence-corrected chi connectivity index (χ3v) is 7.53. The molecule has 0 fully saturated rings. The minimum atomic E-state index is -0.459. The molecule has 0 aliphatic carbocycles. The van der Waals surface area contributed by atoms with Crippen LogP contribution in [0.5, 0.6) is 11.5 Å². The highest BCUT2D eigenvalue weighted by molar-refractivity contribution is 6.30. The van der Waals surface area contributed by atoms with Crippen LogP contribution < -0.4 is 9.47 Å². The van der Waals surface area contributed by atoms with E-state index in [1.807, 2.05) is 48.5 Å². The molecule has 0 bridgehead atoms. The summed E-state index contributed by atoms with van der Waals surface area (Å²) in [7, 11) is 1.67. The minimum Gasteiger partial charge on any atom is -0.493 e. The van der Waals surface area contributed by atoms with E-state index in [0.717, 1.165) is 56.8 Å². The van der Waals surface area contributed by atoms with Gasteiger partial charge < -0.3 is 14.0 Å². The van der Waals surface area contributed by atoms with Crippen molar-refractivity contribution in [1.29, 1.82) is 0 Å². The molecule has 3 heterocycles. The summed E-state index contributed by atoms with van der Waals surface area (Å²) in [5.41, 5.74) is 7.01. The SMILES string of the molecule is COc1cccc2c1OC(c1ccc3noc(-c4ccc(C)cc4)c3c1)N1N=C(c3ccc(Cl)cc3)CC21. The van der Waals surface area contributed by atoms with Crippen molar-refractivity contribution in [2.45, 2.75) is 25.6 Å². The van der Waals surface area contributed by atoms with Crippen LogP contribution >= 0.6 is 11.6 Å². The van der Waals surface area contributed by atoms with E-state index >= 15 is 0 Å². The maximum Gasteiger partial charge on any atom is 0.214 e. The van der Waals surface area contributed by atoms with Gasteiger partial charge in [-0.1, -0.05) is 76.9 Å². The van der Waals surface area contributed by atoms with Crippen LogP contribution in [0.4, 0.5) is 0 Å². The number of benzene rings is 4. The minimum absolute atomic E-state index is 0.000677.